The zero-order valence-corrected chi connectivity index (χ0v) is 16.6. The molecule has 0 bridgehead atoms. The minimum atomic E-state index is -0.00840. The highest BCUT2D eigenvalue weighted by Gasteiger charge is 2.41. The molecule has 0 unspecified atom stereocenters. The highest BCUT2D eigenvalue weighted by Crippen LogP contribution is 2.49. The minimum Gasteiger partial charge on any atom is -0.508 e. The average Bonchev–Trinajstić information content (AvgIpc) is 2.92. The van der Waals surface area contributed by atoms with Crippen LogP contribution in [0.3, 0.4) is 0 Å². The molecular formula is C23H27NO3. The first-order chi connectivity index (χ1) is 12.6. The number of oxime groups is 1. The molecule has 1 aliphatic rings. The van der Waals surface area contributed by atoms with E-state index in [1.807, 2.05) is 24.3 Å². The molecule has 0 amide bonds. The largest absolute Gasteiger partial charge is 0.508 e. The van der Waals surface area contributed by atoms with Gasteiger partial charge in [-0.05, 0) is 23.1 Å². The first kappa shape index (κ1) is 19.0. The van der Waals surface area contributed by atoms with Crippen molar-refractivity contribution in [2.24, 2.45) is 16.0 Å². The van der Waals surface area contributed by atoms with Gasteiger partial charge < -0.3 is 15.1 Å². The van der Waals surface area contributed by atoms with Gasteiger partial charge in [0.25, 0.3) is 0 Å². The Morgan fingerprint density at radius 2 is 1.70 bits per heavy atom. The summed E-state index contributed by atoms with van der Waals surface area (Å²) in [5, 5.41) is 22.6. The zero-order valence-electron chi connectivity index (χ0n) is 16.6. The molecule has 2 N–H and O–H groups in total. The molecule has 142 valence electrons. The summed E-state index contributed by atoms with van der Waals surface area (Å²) in [5.74, 6) is 1.07. The number of phenols is 1. The van der Waals surface area contributed by atoms with Crippen LogP contribution in [-0.2, 0) is 4.74 Å². The van der Waals surface area contributed by atoms with E-state index in [-0.39, 0.29) is 16.6 Å². The van der Waals surface area contributed by atoms with Crippen LogP contribution in [0.5, 0.6) is 5.75 Å². The van der Waals surface area contributed by atoms with Gasteiger partial charge in [-0.3, -0.25) is 0 Å². The smallest absolute Gasteiger partial charge is 0.126 e. The van der Waals surface area contributed by atoms with Gasteiger partial charge in [-0.2, -0.15) is 0 Å². The third kappa shape index (κ3) is 3.70. The molecule has 4 nitrogen and oxygen atoms in total. The molecule has 0 spiro atoms. The van der Waals surface area contributed by atoms with E-state index < -0.39 is 0 Å². The van der Waals surface area contributed by atoms with Crippen LogP contribution in [0.1, 0.15) is 51.3 Å². The fraction of sp³-hybridized carbons (Fsp3) is 0.348. The maximum atomic E-state index is 9.69. The van der Waals surface area contributed by atoms with Crippen molar-refractivity contribution in [3.8, 4) is 5.75 Å². The molecule has 0 radical (unpaired) electrons. The third-order valence-electron chi connectivity index (χ3n) is 4.87. The van der Waals surface area contributed by atoms with E-state index >= 15 is 0 Å². The van der Waals surface area contributed by atoms with Crippen molar-refractivity contribution in [1.82, 2.24) is 0 Å². The molecular weight excluding hydrogens is 338 g/mol. The summed E-state index contributed by atoms with van der Waals surface area (Å²) < 4.78 is 6.09. The van der Waals surface area contributed by atoms with Gasteiger partial charge >= 0.3 is 0 Å². The van der Waals surface area contributed by atoms with Crippen LogP contribution in [0.2, 0.25) is 0 Å². The number of benzene rings is 2. The van der Waals surface area contributed by atoms with Crippen LogP contribution < -0.4 is 0 Å². The van der Waals surface area contributed by atoms with Crippen molar-refractivity contribution in [1.29, 1.82) is 0 Å². The van der Waals surface area contributed by atoms with Gasteiger partial charge in [0.2, 0.25) is 0 Å². The summed E-state index contributed by atoms with van der Waals surface area (Å²) in [4.78, 5) is 0. The standard InChI is InChI=1S/C23H27NO3/c1-22(2,3)21-20(27-14-23(21,4)5)16-11-9-15(10-12-16)19(24-26)17-7-6-8-18(25)13-17/h6-13,25-26H,14H2,1-5H3. The molecule has 0 aromatic heterocycles. The van der Waals surface area contributed by atoms with Crippen molar-refractivity contribution in [3.05, 3.63) is 70.8 Å². The summed E-state index contributed by atoms with van der Waals surface area (Å²) in [6.45, 7) is 11.7. The van der Waals surface area contributed by atoms with Gasteiger partial charge in [0.15, 0.2) is 0 Å². The Bertz CT molecular complexity index is 900. The van der Waals surface area contributed by atoms with E-state index in [1.165, 1.54) is 5.57 Å². The summed E-state index contributed by atoms with van der Waals surface area (Å²) in [6.07, 6.45) is 0. The first-order valence-electron chi connectivity index (χ1n) is 9.14. The number of hydrogen-bond donors (Lipinski definition) is 2. The molecule has 3 rings (SSSR count). The number of rotatable bonds is 3. The average molecular weight is 365 g/mol. The van der Waals surface area contributed by atoms with Crippen LogP contribution in [0, 0.1) is 10.8 Å². The zero-order chi connectivity index (χ0) is 19.8. The van der Waals surface area contributed by atoms with E-state index in [4.69, 9.17) is 4.74 Å². The lowest BCUT2D eigenvalue weighted by molar-refractivity contribution is 0.213. The fourth-order valence-electron chi connectivity index (χ4n) is 4.00. The van der Waals surface area contributed by atoms with Crippen LogP contribution in [-0.4, -0.2) is 22.6 Å². The van der Waals surface area contributed by atoms with E-state index in [0.29, 0.717) is 17.9 Å². The Morgan fingerprint density at radius 3 is 2.26 bits per heavy atom. The number of phenolic OH excluding ortho intramolecular Hbond substituents is 1. The number of aromatic hydroxyl groups is 1. The van der Waals surface area contributed by atoms with E-state index in [9.17, 15) is 10.3 Å². The van der Waals surface area contributed by atoms with Crippen LogP contribution in [0.15, 0.2) is 59.3 Å². The molecule has 1 heterocycles. The van der Waals surface area contributed by atoms with Gasteiger partial charge in [0.05, 0.1) is 6.61 Å². The fourth-order valence-corrected chi connectivity index (χ4v) is 4.00. The molecule has 27 heavy (non-hydrogen) atoms. The predicted octanol–water partition coefficient (Wildman–Crippen LogP) is 5.43. The van der Waals surface area contributed by atoms with Crippen LogP contribution in [0.25, 0.3) is 5.76 Å². The van der Waals surface area contributed by atoms with Gasteiger partial charge in [-0.15, -0.1) is 0 Å². The molecule has 2 aromatic rings. The van der Waals surface area contributed by atoms with E-state index in [1.54, 1.807) is 24.3 Å². The SMILES string of the molecule is CC(C)(C)C1=C(c2ccc(C(=NO)c3cccc(O)c3)cc2)OCC1(C)C. The molecule has 0 saturated carbocycles. The third-order valence-corrected chi connectivity index (χ3v) is 4.87. The van der Waals surface area contributed by atoms with Gasteiger partial charge in [-0.1, -0.05) is 76.2 Å². The van der Waals surface area contributed by atoms with Crippen LogP contribution in [0.4, 0.5) is 0 Å². The topological polar surface area (TPSA) is 62.1 Å². The minimum absolute atomic E-state index is 0.00723. The lowest BCUT2D eigenvalue weighted by Gasteiger charge is -2.30. The molecule has 1 aliphatic heterocycles. The number of hydrogen-bond acceptors (Lipinski definition) is 4. The quantitative estimate of drug-likeness (QED) is 0.433. The summed E-state index contributed by atoms with van der Waals surface area (Å²) in [7, 11) is 0. The Labute approximate surface area is 160 Å². The molecule has 2 aromatic carbocycles. The van der Waals surface area contributed by atoms with E-state index in [0.717, 1.165) is 16.9 Å². The Balaban J connectivity index is 2.00. The van der Waals surface area contributed by atoms with Crippen molar-refractivity contribution in [2.45, 2.75) is 34.6 Å². The second-order valence-corrected chi connectivity index (χ2v) is 8.70. The Kier molecular flexibility index (Phi) is 4.77. The monoisotopic (exact) mass is 365 g/mol. The van der Waals surface area contributed by atoms with Crippen molar-refractivity contribution < 1.29 is 15.1 Å². The van der Waals surface area contributed by atoms with E-state index in [2.05, 4.69) is 39.8 Å². The molecule has 0 aliphatic carbocycles. The number of nitrogens with zero attached hydrogens (tertiary/aromatic N) is 1. The van der Waals surface area contributed by atoms with Crippen molar-refractivity contribution in [3.63, 3.8) is 0 Å². The summed E-state index contributed by atoms with van der Waals surface area (Å²) in [6, 6.07) is 14.5. The maximum absolute atomic E-state index is 9.69. The van der Waals surface area contributed by atoms with Crippen molar-refractivity contribution in [2.75, 3.05) is 6.61 Å². The molecule has 0 atom stereocenters. The number of ether oxygens (including phenoxy) is 1. The lowest BCUT2D eigenvalue weighted by Crippen LogP contribution is -2.24. The second kappa shape index (κ2) is 6.76. The predicted molar refractivity (Wildman–Crippen MR) is 108 cm³/mol. The maximum Gasteiger partial charge on any atom is 0.126 e. The highest BCUT2D eigenvalue weighted by molar-refractivity contribution is 6.12. The molecule has 0 saturated heterocycles. The van der Waals surface area contributed by atoms with Gasteiger partial charge in [0, 0.05) is 22.1 Å². The highest BCUT2D eigenvalue weighted by atomic mass is 16.5. The molecule has 0 fully saturated rings. The summed E-state index contributed by atoms with van der Waals surface area (Å²) >= 11 is 0. The Hall–Kier alpha value is -2.75. The normalized spacial score (nSPS) is 17.1. The first-order valence-corrected chi connectivity index (χ1v) is 9.14. The van der Waals surface area contributed by atoms with Gasteiger partial charge in [-0.25, -0.2) is 0 Å². The van der Waals surface area contributed by atoms with Crippen molar-refractivity contribution >= 4 is 11.5 Å². The lowest BCUT2D eigenvalue weighted by atomic mass is 9.71. The van der Waals surface area contributed by atoms with Crippen LogP contribution >= 0.6 is 0 Å². The van der Waals surface area contributed by atoms with Gasteiger partial charge in [0.1, 0.15) is 17.2 Å². The Morgan fingerprint density at radius 1 is 1.04 bits per heavy atom. The molecule has 4 heteroatoms. The summed E-state index contributed by atoms with van der Waals surface area (Å²) in [5.41, 5.74) is 4.16. The second-order valence-electron chi connectivity index (χ2n) is 8.70.